The van der Waals surface area contributed by atoms with Crippen LogP contribution < -0.4 is 22.5 Å². The van der Waals surface area contributed by atoms with Gasteiger partial charge in [-0.15, -0.1) is 0 Å². The number of halogens is 1. The van der Waals surface area contributed by atoms with Crippen LogP contribution in [0.3, 0.4) is 0 Å². The lowest BCUT2D eigenvalue weighted by atomic mass is 10.1. The van der Waals surface area contributed by atoms with Crippen molar-refractivity contribution in [2.75, 3.05) is 13.2 Å². The Labute approximate surface area is 116 Å². The number of aliphatic hydroxyl groups excluding tert-OH is 1. The summed E-state index contributed by atoms with van der Waals surface area (Å²) in [5.74, 6) is 0.816. The van der Waals surface area contributed by atoms with E-state index < -0.39 is 6.10 Å². The lowest BCUT2D eigenvalue weighted by molar-refractivity contribution is -0.00000563. The van der Waals surface area contributed by atoms with Gasteiger partial charge in [0.05, 0.1) is 0 Å². The quantitative estimate of drug-likeness (QED) is 0.701. The lowest BCUT2D eigenvalue weighted by Crippen LogP contribution is -3.00. The van der Waals surface area contributed by atoms with Gasteiger partial charge in [0.2, 0.25) is 0 Å². The summed E-state index contributed by atoms with van der Waals surface area (Å²) in [6.45, 7) is 9.11. The highest BCUT2D eigenvalue weighted by atomic mass is 35.5. The van der Waals surface area contributed by atoms with Gasteiger partial charge in [0.1, 0.15) is 18.5 Å². The van der Waals surface area contributed by atoms with E-state index in [0.29, 0.717) is 19.2 Å². The van der Waals surface area contributed by atoms with Crippen molar-refractivity contribution in [2.45, 2.75) is 39.8 Å². The van der Waals surface area contributed by atoms with Gasteiger partial charge < -0.3 is 27.6 Å². The molecule has 0 saturated heterocycles. The average Bonchev–Trinajstić information content (AvgIpc) is 2.28. The second-order valence-electron chi connectivity index (χ2n) is 4.77. The Hall–Kier alpha value is -0.770. The highest BCUT2D eigenvalue weighted by Gasteiger charge is 2.06. The van der Waals surface area contributed by atoms with Gasteiger partial charge in [-0.3, -0.25) is 0 Å². The fraction of sp³-hybridized carbons (Fsp3) is 0.571. The van der Waals surface area contributed by atoms with Crippen molar-refractivity contribution in [3.63, 3.8) is 0 Å². The minimum Gasteiger partial charge on any atom is -1.00 e. The van der Waals surface area contributed by atoms with Crippen LogP contribution in [0.1, 0.15) is 25.0 Å². The van der Waals surface area contributed by atoms with Crippen LogP contribution in [-0.2, 0) is 0 Å². The molecule has 104 valence electrons. The van der Waals surface area contributed by atoms with E-state index in [4.69, 9.17) is 4.74 Å². The van der Waals surface area contributed by atoms with Gasteiger partial charge in [-0.25, -0.2) is 0 Å². The minimum absolute atomic E-state index is 0. The topological polar surface area (TPSA) is 41.5 Å². The Kier molecular flexibility index (Phi) is 8.00. The maximum absolute atomic E-state index is 9.70. The number of rotatable bonds is 6. The number of aryl methyl sites for hydroxylation is 2. The number of nitrogens with one attached hydrogen (secondary N) is 1. The molecule has 0 saturated carbocycles. The second kappa shape index (κ2) is 8.35. The first-order chi connectivity index (χ1) is 7.99. The Morgan fingerprint density at radius 3 is 2.44 bits per heavy atom. The third kappa shape index (κ3) is 6.24. The molecule has 1 unspecified atom stereocenters. The molecule has 0 radical (unpaired) electrons. The van der Waals surface area contributed by atoms with E-state index in [9.17, 15) is 5.11 Å². The Morgan fingerprint density at radius 1 is 1.22 bits per heavy atom. The SMILES string of the molecule is Cc1ccc(OCC(O)CNC(C)C)cc1C.[Cl-]. The number of benzene rings is 1. The smallest absolute Gasteiger partial charge is 0.119 e. The zero-order valence-electron chi connectivity index (χ0n) is 11.5. The molecular weight excluding hydrogens is 250 g/mol. The molecule has 4 heteroatoms. The molecule has 0 aromatic heterocycles. The lowest BCUT2D eigenvalue weighted by Gasteiger charge is -2.15. The molecule has 18 heavy (non-hydrogen) atoms. The van der Waals surface area contributed by atoms with Crippen molar-refractivity contribution in [3.05, 3.63) is 29.3 Å². The van der Waals surface area contributed by atoms with Crippen LogP contribution in [0.25, 0.3) is 0 Å². The Balaban J connectivity index is 0.00000289. The summed E-state index contributed by atoms with van der Waals surface area (Å²) < 4.78 is 5.55. The second-order valence-corrected chi connectivity index (χ2v) is 4.77. The van der Waals surface area contributed by atoms with Gasteiger partial charge in [-0.2, -0.15) is 0 Å². The summed E-state index contributed by atoms with van der Waals surface area (Å²) in [5.41, 5.74) is 2.46. The summed E-state index contributed by atoms with van der Waals surface area (Å²) in [7, 11) is 0. The van der Waals surface area contributed by atoms with E-state index >= 15 is 0 Å². The van der Waals surface area contributed by atoms with E-state index in [1.54, 1.807) is 0 Å². The van der Waals surface area contributed by atoms with Crippen LogP contribution in [-0.4, -0.2) is 30.4 Å². The van der Waals surface area contributed by atoms with Crippen molar-refractivity contribution < 1.29 is 22.3 Å². The molecule has 0 amide bonds. The molecule has 2 N–H and O–H groups in total. The van der Waals surface area contributed by atoms with Crippen LogP contribution in [0, 0.1) is 13.8 Å². The van der Waals surface area contributed by atoms with E-state index in [2.05, 4.69) is 33.0 Å². The molecule has 0 spiro atoms. The first kappa shape index (κ1) is 17.2. The van der Waals surface area contributed by atoms with Crippen molar-refractivity contribution >= 4 is 0 Å². The van der Waals surface area contributed by atoms with Crippen LogP contribution in [0.2, 0.25) is 0 Å². The summed E-state index contributed by atoms with van der Waals surface area (Å²) in [6, 6.07) is 6.35. The number of aliphatic hydroxyl groups is 1. The molecule has 0 bridgehead atoms. The molecule has 0 fully saturated rings. The van der Waals surface area contributed by atoms with Crippen molar-refractivity contribution in [3.8, 4) is 5.75 Å². The average molecular weight is 273 g/mol. The largest absolute Gasteiger partial charge is 1.00 e. The molecular formula is C14H23ClNO2-. The van der Waals surface area contributed by atoms with Crippen LogP contribution in [0.5, 0.6) is 5.75 Å². The Morgan fingerprint density at radius 2 is 1.89 bits per heavy atom. The summed E-state index contributed by atoms with van der Waals surface area (Å²) >= 11 is 0. The fourth-order valence-corrected chi connectivity index (χ4v) is 1.43. The van der Waals surface area contributed by atoms with Crippen molar-refractivity contribution in [2.24, 2.45) is 0 Å². The zero-order chi connectivity index (χ0) is 12.8. The van der Waals surface area contributed by atoms with Crippen LogP contribution in [0.4, 0.5) is 0 Å². The van der Waals surface area contributed by atoms with E-state index in [1.165, 1.54) is 11.1 Å². The van der Waals surface area contributed by atoms with Gasteiger partial charge in [-0.05, 0) is 37.1 Å². The maximum atomic E-state index is 9.70. The minimum atomic E-state index is -0.473. The van der Waals surface area contributed by atoms with E-state index in [-0.39, 0.29) is 12.4 Å². The van der Waals surface area contributed by atoms with Crippen LogP contribution in [0.15, 0.2) is 18.2 Å². The molecule has 0 aliphatic carbocycles. The van der Waals surface area contributed by atoms with E-state index in [1.807, 2.05) is 18.2 Å². The van der Waals surface area contributed by atoms with E-state index in [0.717, 1.165) is 5.75 Å². The maximum Gasteiger partial charge on any atom is 0.119 e. The molecule has 0 aliphatic heterocycles. The summed E-state index contributed by atoms with van der Waals surface area (Å²) in [4.78, 5) is 0. The molecule has 1 rings (SSSR count). The van der Waals surface area contributed by atoms with Crippen LogP contribution >= 0.6 is 0 Å². The first-order valence-electron chi connectivity index (χ1n) is 6.10. The van der Waals surface area contributed by atoms with Crippen molar-refractivity contribution in [1.82, 2.24) is 5.32 Å². The molecule has 0 aliphatic rings. The molecule has 1 atom stereocenters. The normalized spacial score (nSPS) is 12.1. The predicted octanol–water partition coefficient (Wildman–Crippen LogP) is -0.955. The summed E-state index contributed by atoms with van der Waals surface area (Å²) in [6.07, 6.45) is -0.473. The molecule has 0 heterocycles. The van der Waals surface area contributed by atoms with Gasteiger partial charge >= 0.3 is 0 Å². The number of hydrogen-bond donors (Lipinski definition) is 2. The first-order valence-corrected chi connectivity index (χ1v) is 6.10. The zero-order valence-corrected chi connectivity index (χ0v) is 12.3. The third-order valence-corrected chi connectivity index (χ3v) is 2.68. The predicted molar refractivity (Wildman–Crippen MR) is 70.6 cm³/mol. The standard InChI is InChI=1S/C14H23NO2.ClH/c1-10(2)15-8-13(16)9-17-14-6-5-11(3)12(4)7-14;/h5-7,10,13,15-16H,8-9H2,1-4H3;1H/p-1. The van der Waals surface area contributed by atoms with Gasteiger partial charge in [0, 0.05) is 12.6 Å². The number of ether oxygens (including phenoxy) is 1. The van der Waals surface area contributed by atoms with Gasteiger partial charge in [-0.1, -0.05) is 19.9 Å². The van der Waals surface area contributed by atoms with Crippen molar-refractivity contribution in [1.29, 1.82) is 0 Å². The summed E-state index contributed by atoms with van der Waals surface area (Å²) in [5, 5.41) is 12.9. The van der Waals surface area contributed by atoms with Gasteiger partial charge in [0.25, 0.3) is 0 Å². The number of hydrogen-bond acceptors (Lipinski definition) is 3. The fourth-order valence-electron chi connectivity index (χ4n) is 1.43. The Bertz CT molecular complexity index is 356. The monoisotopic (exact) mass is 272 g/mol. The molecule has 3 nitrogen and oxygen atoms in total. The highest BCUT2D eigenvalue weighted by molar-refractivity contribution is 5.33. The highest BCUT2D eigenvalue weighted by Crippen LogP contribution is 2.16. The molecule has 1 aromatic rings. The van der Waals surface area contributed by atoms with Gasteiger partial charge in [0.15, 0.2) is 0 Å². The molecule has 1 aromatic carbocycles. The third-order valence-electron chi connectivity index (χ3n) is 2.68.